The topological polar surface area (TPSA) is 50.7 Å². The molecule has 3 aromatic carbocycles. The van der Waals surface area contributed by atoms with Gasteiger partial charge >= 0.3 is 0 Å². The zero-order valence-electron chi connectivity index (χ0n) is 19.5. The average Bonchev–Trinajstić information content (AvgIpc) is 3.19. The number of carbonyl (C=O) groups excluding carboxylic acids is 1. The minimum Gasteiger partial charge on any atom is -0.487 e. The lowest BCUT2D eigenvalue weighted by atomic mass is 10.1. The Morgan fingerprint density at radius 2 is 1.83 bits per heavy atom. The van der Waals surface area contributed by atoms with Gasteiger partial charge in [-0.1, -0.05) is 54.4 Å². The molecule has 0 saturated carbocycles. The number of amidine groups is 1. The lowest BCUT2D eigenvalue weighted by molar-refractivity contribution is -0.115. The highest BCUT2D eigenvalue weighted by atomic mass is 79.9. The van der Waals surface area contributed by atoms with E-state index < -0.39 is 0 Å². The fourth-order valence-corrected chi connectivity index (χ4v) is 5.36. The lowest BCUT2D eigenvalue weighted by Gasteiger charge is -2.14. The molecule has 184 valence electrons. The molecule has 0 unspecified atom stereocenters. The van der Waals surface area contributed by atoms with Crippen molar-refractivity contribution in [2.45, 2.75) is 26.4 Å². The highest BCUT2D eigenvalue weighted by Gasteiger charge is 2.24. The number of carbonyl (C=O) groups is 1. The molecule has 1 saturated heterocycles. The summed E-state index contributed by atoms with van der Waals surface area (Å²) < 4.78 is 6.91. The minimum atomic E-state index is -0.176. The number of thioether (sulfide) groups is 1. The van der Waals surface area contributed by atoms with Crippen molar-refractivity contribution in [1.29, 1.82) is 0 Å². The largest absolute Gasteiger partial charge is 0.487 e. The maximum absolute atomic E-state index is 12.6. The summed E-state index contributed by atoms with van der Waals surface area (Å²) in [5, 5.41) is 4.39. The van der Waals surface area contributed by atoms with Crippen LogP contribution in [0.3, 0.4) is 0 Å². The van der Waals surface area contributed by atoms with Crippen LogP contribution in [0.2, 0.25) is 10.0 Å². The first-order valence-electron chi connectivity index (χ1n) is 11.2. The lowest BCUT2D eigenvalue weighted by Crippen LogP contribution is -2.19. The fourth-order valence-electron chi connectivity index (χ4n) is 3.57. The van der Waals surface area contributed by atoms with Gasteiger partial charge in [-0.05, 0) is 105 Å². The normalized spacial score (nSPS) is 15.4. The first-order valence-corrected chi connectivity index (χ1v) is 13.6. The van der Waals surface area contributed by atoms with Gasteiger partial charge in [-0.2, -0.15) is 0 Å². The second kappa shape index (κ2) is 12.2. The van der Waals surface area contributed by atoms with Crippen molar-refractivity contribution in [3.8, 4) is 5.75 Å². The van der Waals surface area contributed by atoms with Crippen LogP contribution in [0.4, 0.5) is 5.69 Å². The van der Waals surface area contributed by atoms with Crippen molar-refractivity contribution in [2.24, 2.45) is 4.99 Å². The van der Waals surface area contributed by atoms with Crippen LogP contribution in [0.5, 0.6) is 5.75 Å². The second-order valence-corrected chi connectivity index (χ2v) is 10.7. The van der Waals surface area contributed by atoms with Crippen molar-refractivity contribution in [3.05, 3.63) is 109 Å². The molecule has 0 aromatic heterocycles. The van der Waals surface area contributed by atoms with E-state index >= 15 is 0 Å². The number of amides is 1. The molecular formula is C28H23BrCl2N2O2S. The SMILES string of the molecule is C=CCc1cc(/C=C2\SC(=Nc3ccc(CC)cc3)NC2=O)cc(Br)c1OCc1ccc(Cl)c(Cl)c1. The Morgan fingerprint density at radius 3 is 2.53 bits per heavy atom. The zero-order valence-corrected chi connectivity index (χ0v) is 23.4. The van der Waals surface area contributed by atoms with Crippen LogP contribution in [0.25, 0.3) is 6.08 Å². The minimum absolute atomic E-state index is 0.176. The van der Waals surface area contributed by atoms with Crippen LogP contribution in [-0.2, 0) is 24.2 Å². The predicted molar refractivity (Wildman–Crippen MR) is 155 cm³/mol. The molecule has 0 spiro atoms. The van der Waals surface area contributed by atoms with Crippen LogP contribution >= 0.6 is 50.9 Å². The van der Waals surface area contributed by atoms with Crippen molar-refractivity contribution < 1.29 is 9.53 Å². The van der Waals surface area contributed by atoms with E-state index in [4.69, 9.17) is 27.9 Å². The van der Waals surface area contributed by atoms with Gasteiger partial charge in [0.2, 0.25) is 0 Å². The van der Waals surface area contributed by atoms with E-state index in [9.17, 15) is 4.79 Å². The maximum atomic E-state index is 12.6. The molecule has 1 heterocycles. The molecule has 1 N–H and O–H groups in total. The van der Waals surface area contributed by atoms with Gasteiger partial charge in [0, 0.05) is 0 Å². The molecule has 0 atom stereocenters. The number of nitrogens with one attached hydrogen (secondary N) is 1. The maximum Gasteiger partial charge on any atom is 0.264 e. The van der Waals surface area contributed by atoms with Crippen LogP contribution in [-0.4, -0.2) is 11.1 Å². The molecule has 8 heteroatoms. The quantitative estimate of drug-likeness (QED) is 0.208. The monoisotopic (exact) mass is 600 g/mol. The highest BCUT2D eigenvalue weighted by Crippen LogP contribution is 2.35. The van der Waals surface area contributed by atoms with Crippen molar-refractivity contribution >= 4 is 73.7 Å². The number of hydrogen-bond donors (Lipinski definition) is 1. The van der Waals surface area contributed by atoms with E-state index in [1.165, 1.54) is 17.3 Å². The molecule has 1 fully saturated rings. The van der Waals surface area contributed by atoms with E-state index in [1.807, 2.05) is 54.6 Å². The predicted octanol–water partition coefficient (Wildman–Crippen LogP) is 8.52. The summed E-state index contributed by atoms with van der Waals surface area (Å²) in [4.78, 5) is 17.7. The smallest absolute Gasteiger partial charge is 0.264 e. The summed E-state index contributed by atoms with van der Waals surface area (Å²) in [6, 6.07) is 17.3. The number of rotatable bonds is 8. The summed E-state index contributed by atoms with van der Waals surface area (Å²) in [5.74, 6) is 0.537. The number of hydrogen-bond acceptors (Lipinski definition) is 4. The average molecular weight is 602 g/mol. The van der Waals surface area contributed by atoms with E-state index in [1.54, 1.807) is 12.1 Å². The van der Waals surface area contributed by atoms with Crippen molar-refractivity contribution in [1.82, 2.24) is 5.32 Å². The number of allylic oxidation sites excluding steroid dienone is 1. The molecule has 3 aromatic rings. The van der Waals surface area contributed by atoms with Gasteiger partial charge in [0.1, 0.15) is 12.4 Å². The van der Waals surface area contributed by atoms with Crippen molar-refractivity contribution in [3.63, 3.8) is 0 Å². The van der Waals surface area contributed by atoms with Crippen molar-refractivity contribution in [2.75, 3.05) is 0 Å². The third-order valence-corrected chi connectivity index (χ3v) is 7.64. The van der Waals surface area contributed by atoms with Crippen LogP contribution in [0.15, 0.2) is 81.6 Å². The number of benzene rings is 3. The number of aryl methyl sites for hydroxylation is 1. The number of nitrogens with zero attached hydrogens (tertiary/aromatic N) is 1. The van der Waals surface area contributed by atoms with E-state index in [2.05, 4.69) is 39.7 Å². The second-order valence-electron chi connectivity index (χ2n) is 8.02. The Labute approximate surface area is 233 Å². The fraction of sp³-hybridized carbons (Fsp3) is 0.143. The van der Waals surface area contributed by atoms with E-state index in [0.29, 0.717) is 38.9 Å². The van der Waals surface area contributed by atoms with Crippen LogP contribution in [0, 0.1) is 0 Å². The Bertz CT molecular complexity index is 1370. The van der Waals surface area contributed by atoms with Gasteiger partial charge in [-0.25, -0.2) is 4.99 Å². The van der Waals surface area contributed by atoms with Gasteiger partial charge < -0.3 is 10.1 Å². The molecular weight excluding hydrogens is 579 g/mol. The highest BCUT2D eigenvalue weighted by molar-refractivity contribution is 9.10. The number of halogens is 3. The Morgan fingerprint density at radius 1 is 1.08 bits per heavy atom. The molecule has 1 aliphatic rings. The Hall–Kier alpha value is -2.51. The Balaban J connectivity index is 1.54. The number of ether oxygens (including phenoxy) is 1. The molecule has 0 bridgehead atoms. The molecule has 1 amide bonds. The van der Waals surface area contributed by atoms with E-state index in [-0.39, 0.29) is 5.91 Å². The third-order valence-electron chi connectivity index (χ3n) is 5.40. The first-order chi connectivity index (χ1) is 17.4. The van der Waals surface area contributed by atoms with Gasteiger partial charge in [0.25, 0.3) is 5.91 Å². The van der Waals surface area contributed by atoms with Crippen LogP contribution < -0.4 is 10.1 Å². The number of aliphatic imine (C=N–C) groups is 1. The van der Waals surface area contributed by atoms with Gasteiger partial charge in [0.15, 0.2) is 5.17 Å². The van der Waals surface area contributed by atoms with Gasteiger partial charge in [0.05, 0.1) is 25.1 Å². The molecule has 0 radical (unpaired) electrons. The van der Waals surface area contributed by atoms with Gasteiger partial charge in [-0.3, -0.25) is 4.79 Å². The third kappa shape index (κ3) is 6.62. The summed E-state index contributed by atoms with van der Waals surface area (Å²) in [6.45, 7) is 6.31. The Kier molecular flexibility index (Phi) is 8.96. The van der Waals surface area contributed by atoms with Gasteiger partial charge in [-0.15, -0.1) is 6.58 Å². The molecule has 0 aliphatic carbocycles. The van der Waals surface area contributed by atoms with Crippen LogP contribution in [0.1, 0.15) is 29.2 Å². The standard InChI is InChI=1S/C28H23BrCl2N2O2S/c1-3-5-20-12-19(13-22(29)26(20)35-16-18-8-11-23(30)24(31)14-18)15-25-27(34)33-28(36-25)32-21-9-6-17(4-2)7-10-21/h3,6-15H,1,4-5,16H2,2H3,(H,32,33,34)/b25-15-. The van der Waals surface area contributed by atoms with E-state index in [0.717, 1.165) is 33.3 Å². The summed E-state index contributed by atoms with van der Waals surface area (Å²) in [7, 11) is 0. The first kappa shape index (κ1) is 26.6. The summed E-state index contributed by atoms with van der Waals surface area (Å²) in [6.07, 6.45) is 5.24. The molecule has 1 aliphatic heterocycles. The molecule has 4 nitrogen and oxygen atoms in total. The summed E-state index contributed by atoms with van der Waals surface area (Å²) >= 11 is 17.1. The summed E-state index contributed by atoms with van der Waals surface area (Å²) in [5.41, 5.74) is 4.76. The zero-order chi connectivity index (χ0) is 25.7. The molecule has 4 rings (SSSR count). The molecule has 36 heavy (non-hydrogen) atoms.